The van der Waals surface area contributed by atoms with E-state index in [-0.39, 0.29) is 24.4 Å². The number of nitrogens with one attached hydrogen (secondary N) is 2. The van der Waals surface area contributed by atoms with Gasteiger partial charge >= 0.3 is 0 Å². The summed E-state index contributed by atoms with van der Waals surface area (Å²) in [5.41, 5.74) is 2.57. The first-order chi connectivity index (χ1) is 15.0. The van der Waals surface area contributed by atoms with Crippen LogP contribution in [0.3, 0.4) is 0 Å². The predicted octanol–water partition coefficient (Wildman–Crippen LogP) is 4.04. The molecule has 0 saturated heterocycles. The van der Waals surface area contributed by atoms with Crippen molar-refractivity contribution in [3.63, 3.8) is 0 Å². The summed E-state index contributed by atoms with van der Waals surface area (Å²) in [6.45, 7) is 0.661. The molecule has 1 aromatic heterocycles. The van der Waals surface area contributed by atoms with Crippen LogP contribution in [-0.2, 0) is 16.0 Å². The third-order valence-corrected chi connectivity index (χ3v) is 5.17. The highest BCUT2D eigenvalue weighted by molar-refractivity contribution is 7.14. The summed E-state index contributed by atoms with van der Waals surface area (Å²) in [4.78, 5) is 28.5. The monoisotopic (exact) mass is 445 g/mol. The molecule has 9 heteroatoms. The van der Waals surface area contributed by atoms with Crippen LogP contribution in [0, 0.1) is 11.6 Å². The van der Waals surface area contributed by atoms with E-state index in [0.29, 0.717) is 17.8 Å². The van der Waals surface area contributed by atoms with Gasteiger partial charge in [-0.25, -0.2) is 13.8 Å². The first-order valence-electron chi connectivity index (χ1n) is 9.53. The molecule has 6 nitrogen and oxygen atoms in total. The number of methoxy groups -OCH3 is 1. The average molecular weight is 445 g/mol. The second-order valence-electron chi connectivity index (χ2n) is 6.66. The molecule has 0 bridgehead atoms. The van der Waals surface area contributed by atoms with E-state index in [2.05, 4.69) is 15.6 Å². The molecule has 1 heterocycles. The summed E-state index contributed by atoms with van der Waals surface area (Å²) in [6.07, 6.45) is 0.817. The lowest BCUT2D eigenvalue weighted by atomic mass is 10.1. The number of carbonyl (C=O) groups excluding carboxylic acids is 2. The summed E-state index contributed by atoms with van der Waals surface area (Å²) < 4.78 is 31.6. The molecule has 2 aromatic carbocycles. The van der Waals surface area contributed by atoms with Crippen molar-refractivity contribution < 1.29 is 23.1 Å². The van der Waals surface area contributed by atoms with E-state index in [0.717, 1.165) is 35.4 Å². The number of ether oxygens (including phenoxy) is 1. The van der Waals surface area contributed by atoms with Crippen LogP contribution in [0.2, 0.25) is 0 Å². The van der Waals surface area contributed by atoms with Gasteiger partial charge in [0.15, 0.2) is 5.13 Å². The number of rotatable bonds is 9. The predicted molar refractivity (Wildman–Crippen MR) is 115 cm³/mol. The molecule has 31 heavy (non-hydrogen) atoms. The standard InChI is InChI=1S/C22H21F2N3O3S/c1-30-11-9-14-2-4-15(5-3-14)19-13-31-22(26-19)27-20(28)8-10-25-21(29)17-7-6-16(23)12-18(17)24/h2-7,12-13H,8-11H2,1H3,(H,25,29)(H,26,27,28). The number of benzene rings is 2. The van der Waals surface area contributed by atoms with E-state index in [1.165, 1.54) is 11.3 Å². The van der Waals surface area contributed by atoms with Crippen molar-refractivity contribution in [2.75, 3.05) is 25.6 Å². The summed E-state index contributed by atoms with van der Waals surface area (Å²) in [5, 5.41) is 7.41. The lowest BCUT2D eigenvalue weighted by molar-refractivity contribution is -0.116. The van der Waals surface area contributed by atoms with Crippen molar-refractivity contribution >= 4 is 28.3 Å². The Balaban J connectivity index is 1.48. The molecular formula is C22H21F2N3O3S. The second kappa shape index (κ2) is 10.7. The van der Waals surface area contributed by atoms with Crippen LogP contribution in [0.1, 0.15) is 22.3 Å². The van der Waals surface area contributed by atoms with Gasteiger partial charge in [-0.3, -0.25) is 9.59 Å². The van der Waals surface area contributed by atoms with Crippen molar-refractivity contribution in [1.29, 1.82) is 0 Å². The third kappa shape index (κ3) is 6.40. The number of thiazole rings is 1. The van der Waals surface area contributed by atoms with Crippen molar-refractivity contribution in [2.24, 2.45) is 0 Å². The zero-order chi connectivity index (χ0) is 22.2. The first kappa shape index (κ1) is 22.5. The minimum atomic E-state index is -0.955. The first-order valence-corrected chi connectivity index (χ1v) is 10.4. The molecule has 0 aliphatic carbocycles. The molecule has 0 atom stereocenters. The highest BCUT2D eigenvalue weighted by Crippen LogP contribution is 2.25. The molecule has 0 aliphatic heterocycles. The molecule has 2 amide bonds. The molecule has 3 aromatic rings. The summed E-state index contributed by atoms with van der Waals surface area (Å²) >= 11 is 1.30. The topological polar surface area (TPSA) is 80.3 Å². The molecule has 2 N–H and O–H groups in total. The van der Waals surface area contributed by atoms with Crippen LogP contribution in [0.5, 0.6) is 0 Å². The maximum Gasteiger partial charge on any atom is 0.254 e. The summed E-state index contributed by atoms with van der Waals surface area (Å²) in [7, 11) is 1.67. The molecular weight excluding hydrogens is 424 g/mol. The number of hydrogen-bond acceptors (Lipinski definition) is 5. The van der Waals surface area contributed by atoms with Gasteiger partial charge in [-0.2, -0.15) is 0 Å². The van der Waals surface area contributed by atoms with Crippen LogP contribution in [0.25, 0.3) is 11.3 Å². The highest BCUT2D eigenvalue weighted by atomic mass is 32.1. The molecule has 0 unspecified atom stereocenters. The number of halogens is 2. The van der Waals surface area contributed by atoms with Gasteiger partial charge in [-0.15, -0.1) is 11.3 Å². The van der Waals surface area contributed by atoms with E-state index in [1.54, 1.807) is 7.11 Å². The van der Waals surface area contributed by atoms with Crippen LogP contribution in [0.4, 0.5) is 13.9 Å². The van der Waals surface area contributed by atoms with Gasteiger partial charge in [0.05, 0.1) is 17.9 Å². The number of anilines is 1. The maximum atomic E-state index is 13.6. The van der Waals surface area contributed by atoms with Crippen LogP contribution in [0.15, 0.2) is 47.8 Å². The fourth-order valence-corrected chi connectivity index (χ4v) is 3.50. The third-order valence-electron chi connectivity index (χ3n) is 4.41. The number of carbonyl (C=O) groups is 2. The lowest BCUT2D eigenvalue weighted by Crippen LogP contribution is -2.28. The fraction of sp³-hybridized carbons (Fsp3) is 0.227. The maximum absolute atomic E-state index is 13.6. The summed E-state index contributed by atoms with van der Waals surface area (Å²) in [6, 6.07) is 10.6. The Labute approximate surface area is 182 Å². The highest BCUT2D eigenvalue weighted by Gasteiger charge is 2.13. The quantitative estimate of drug-likeness (QED) is 0.521. The van der Waals surface area contributed by atoms with E-state index in [1.807, 2.05) is 29.6 Å². The van der Waals surface area contributed by atoms with Gasteiger partial charge in [0.25, 0.3) is 5.91 Å². The van der Waals surface area contributed by atoms with Crippen LogP contribution < -0.4 is 10.6 Å². The van der Waals surface area contributed by atoms with E-state index >= 15 is 0 Å². The van der Waals surface area contributed by atoms with Crippen molar-refractivity contribution in [3.05, 3.63) is 70.6 Å². The Morgan fingerprint density at radius 2 is 1.90 bits per heavy atom. The smallest absolute Gasteiger partial charge is 0.254 e. The van der Waals surface area contributed by atoms with Crippen molar-refractivity contribution in [2.45, 2.75) is 12.8 Å². The number of nitrogens with zero attached hydrogens (tertiary/aromatic N) is 1. The van der Waals surface area contributed by atoms with E-state index < -0.39 is 17.5 Å². The van der Waals surface area contributed by atoms with Gasteiger partial charge < -0.3 is 15.4 Å². The van der Waals surface area contributed by atoms with E-state index in [9.17, 15) is 18.4 Å². The molecule has 3 rings (SSSR count). The van der Waals surface area contributed by atoms with Gasteiger partial charge in [0.1, 0.15) is 11.6 Å². The Morgan fingerprint density at radius 3 is 2.61 bits per heavy atom. The van der Waals surface area contributed by atoms with Crippen LogP contribution in [-0.4, -0.2) is 37.1 Å². The van der Waals surface area contributed by atoms with Gasteiger partial charge in [-0.05, 0) is 24.1 Å². The Kier molecular flexibility index (Phi) is 7.80. The second-order valence-corrected chi connectivity index (χ2v) is 7.51. The zero-order valence-electron chi connectivity index (χ0n) is 16.8. The van der Waals surface area contributed by atoms with Gasteiger partial charge in [0.2, 0.25) is 5.91 Å². The molecule has 0 fully saturated rings. The van der Waals surface area contributed by atoms with Gasteiger partial charge in [-0.1, -0.05) is 24.3 Å². The minimum Gasteiger partial charge on any atom is -0.384 e. The number of amides is 2. The minimum absolute atomic E-state index is 0.00263. The summed E-state index contributed by atoms with van der Waals surface area (Å²) in [5.74, 6) is -2.77. The average Bonchev–Trinajstić information content (AvgIpc) is 3.20. The molecule has 0 radical (unpaired) electrons. The molecule has 0 aliphatic rings. The van der Waals surface area contributed by atoms with Crippen molar-refractivity contribution in [1.82, 2.24) is 10.3 Å². The lowest BCUT2D eigenvalue weighted by Gasteiger charge is -2.06. The Hall–Kier alpha value is -3.17. The molecule has 0 spiro atoms. The largest absolute Gasteiger partial charge is 0.384 e. The normalized spacial score (nSPS) is 10.7. The van der Waals surface area contributed by atoms with Crippen LogP contribution >= 0.6 is 11.3 Å². The van der Waals surface area contributed by atoms with Gasteiger partial charge in [0, 0.05) is 37.1 Å². The van der Waals surface area contributed by atoms with E-state index in [4.69, 9.17) is 4.74 Å². The molecule has 162 valence electrons. The SMILES string of the molecule is COCCc1ccc(-c2csc(NC(=O)CCNC(=O)c3ccc(F)cc3F)n2)cc1. The fourth-order valence-electron chi connectivity index (χ4n) is 2.77. The van der Waals surface area contributed by atoms with Crippen molar-refractivity contribution in [3.8, 4) is 11.3 Å². The zero-order valence-corrected chi connectivity index (χ0v) is 17.6. The Morgan fingerprint density at radius 1 is 1.13 bits per heavy atom. The molecule has 0 saturated carbocycles. The number of hydrogen-bond donors (Lipinski definition) is 2. The Bertz CT molecular complexity index is 1050. The number of aromatic nitrogens is 1.